The second-order valence-corrected chi connectivity index (χ2v) is 10.1. The molecule has 0 spiro atoms. The third-order valence-corrected chi connectivity index (χ3v) is 7.97. The average Bonchev–Trinajstić information content (AvgIpc) is 3.51. The number of thioether (sulfide) groups is 1. The molecule has 3 heterocycles. The number of likely N-dealkylation sites (tertiary alicyclic amines) is 1. The van der Waals surface area contributed by atoms with Crippen LogP contribution in [0.2, 0.25) is 0 Å². The first-order valence-electron chi connectivity index (χ1n) is 11.6. The van der Waals surface area contributed by atoms with Crippen molar-refractivity contribution in [1.29, 1.82) is 0 Å². The lowest BCUT2D eigenvalue weighted by Crippen LogP contribution is -2.35. The Hall–Kier alpha value is -2.52. The van der Waals surface area contributed by atoms with Crippen molar-refractivity contribution in [2.24, 2.45) is 13.0 Å². The summed E-state index contributed by atoms with van der Waals surface area (Å²) < 4.78 is 40.7. The fourth-order valence-electron chi connectivity index (χ4n) is 5.12. The Bertz CT molecular complexity index is 1100. The van der Waals surface area contributed by atoms with Crippen molar-refractivity contribution in [3.63, 3.8) is 0 Å². The molecular weight excluding hydrogens is 459 g/mol. The Labute approximate surface area is 202 Å². The maximum Gasteiger partial charge on any atom is 0.416 e. The summed E-state index contributed by atoms with van der Waals surface area (Å²) in [5.41, 5.74) is 1.37. The Morgan fingerprint density at radius 3 is 2.50 bits per heavy atom. The van der Waals surface area contributed by atoms with Gasteiger partial charge in [-0.15, -0.1) is 10.2 Å². The van der Waals surface area contributed by atoms with E-state index in [1.165, 1.54) is 12.1 Å². The third kappa shape index (κ3) is 4.81. The van der Waals surface area contributed by atoms with Gasteiger partial charge < -0.3 is 14.4 Å². The quantitative estimate of drug-likeness (QED) is 0.339. The predicted octanol–water partition coefficient (Wildman–Crippen LogP) is 5.19. The van der Waals surface area contributed by atoms with Crippen molar-refractivity contribution >= 4 is 17.4 Å². The summed E-state index contributed by atoms with van der Waals surface area (Å²) in [6, 6.07) is 16.1. The van der Waals surface area contributed by atoms with Crippen LogP contribution < -0.4 is 4.90 Å². The molecule has 0 unspecified atom stereocenters. The van der Waals surface area contributed by atoms with E-state index in [2.05, 4.69) is 20.0 Å². The molecular formula is C25H28F3N5S. The van der Waals surface area contributed by atoms with Gasteiger partial charge in [0, 0.05) is 49.7 Å². The topological polar surface area (TPSA) is 37.2 Å². The average molecular weight is 488 g/mol. The molecule has 0 N–H and O–H groups in total. The van der Waals surface area contributed by atoms with Crippen LogP contribution in [0.3, 0.4) is 0 Å². The summed E-state index contributed by atoms with van der Waals surface area (Å²) in [4.78, 5) is 4.79. The summed E-state index contributed by atoms with van der Waals surface area (Å²) in [5, 5.41) is 9.63. The predicted molar refractivity (Wildman–Crippen MR) is 129 cm³/mol. The van der Waals surface area contributed by atoms with E-state index in [-0.39, 0.29) is 0 Å². The fraction of sp³-hybridized carbons (Fsp3) is 0.440. The zero-order valence-electron chi connectivity index (χ0n) is 19.1. The van der Waals surface area contributed by atoms with Crippen LogP contribution in [0, 0.1) is 5.92 Å². The molecule has 180 valence electrons. The monoisotopic (exact) mass is 487 g/mol. The molecule has 2 aliphatic rings. The molecule has 2 fully saturated rings. The van der Waals surface area contributed by atoms with Gasteiger partial charge in [-0.05, 0) is 49.6 Å². The summed E-state index contributed by atoms with van der Waals surface area (Å²) in [6.07, 6.45) is -2.14. The first kappa shape index (κ1) is 23.2. The number of fused-ring (bicyclic) bond motifs is 1. The molecule has 5 nitrogen and oxygen atoms in total. The summed E-state index contributed by atoms with van der Waals surface area (Å²) in [7, 11) is 2.00. The number of hydrogen-bond acceptors (Lipinski definition) is 5. The number of nitrogens with zero attached hydrogens (tertiary/aromatic N) is 5. The van der Waals surface area contributed by atoms with Crippen molar-refractivity contribution in [3.8, 4) is 11.4 Å². The van der Waals surface area contributed by atoms with Crippen LogP contribution in [0.5, 0.6) is 0 Å². The standard InChI is InChI=1S/C25H28F3N5S/c1-31-23(18-6-3-2-4-7-18)29-30-24(31)34-15-5-13-32-16-19-12-14-33(22(19)17-32)21-10-8-20(9-11-21)25(26,27)28/h2-4,6-11,19,22H,5,12-17H2,1H3/t19-,22+/m1/s1. The number of aromatic nitrogens is 3. The van der Waals surface area contributed by atoms with Gasteiger partial charge in [0.25, 0.3) is 0 Å². The normalized spacial score (nSPS) is 20.8. The molecule has 0 aliphatic carbocycles. The van der Waals surface area contributed by atoms with Crippen LogP contribution in [-0.2, 0) is 13.2 Å². The lowest BCUT2D eigenvalue weighted by molar-refractivity contribution is -0.137. The van der Waals surface area contributed by atoms with Gasteiger partial charge in [-0.3, -0.25) is 0 Å². The van der Waals surface area contributed by atoms with E-state index in [9.17, 15) is 13.2 Å². The van der Waals surface area contributed by atoms with Crippen molar-refractivity contribution in [1.82, 2.24) is 19.7 Å². The van der Waals surface area contributed by atoms with Crippen LogP contribution in [0.1, 0.15) is 18.4 Å². The Balaban J connectivity index is 1.11. The molecule has 0 bridgehead atoms. The van der Waals surface area contributed by atoms with Crippen molar-refractivity contribution < 1.29 is 13.2 Å². The van der Waals surface area contributed by atoms with Gasteiger partial charge in [-0.1, -0.05) is 42.1 Å². The van der Waals surface area contributed by atoms with E-state index >= 15 is 0 Å². The maximum absolute atomic E-state index is 12.9. The smallest absolute Gasteiger partial charge is 0.367 e. The van der Waals surface area contributed by atoms with E-state index in [0.717, 1.165) is 67.0 Å². The minimum atomic E-state index is -4.29. The van der Waals surface area contributed by atoms with Crippen LogP contribution in [0.15, 0.2) is 59.8 Å². The minimum absolute atomic E-state index is 0.386. The number of rotatable bonds is 7. The van der Waals surface area contributed by atoms with Gasteiger partial charge in [0.1, 0.15) is 0 Å². The van der Waals surface area contributed by atoms with Gasteiger partial charge in [0.2, 0.25) is 0 Å². The highest BCUT2D eigenvalue weighted by molar-refractivity contribution is 7.99. The van der Waals surface area contributed by atoms with Gasteiger partial charge in [-0.2, -0.15) is 13.2 Å². The molecule has 2 aliphatic heterocycles. The van der Waals surface area contributed by atoms with Crippen molar-refractivity contribution in [3.05, 3.63) is 60.2 Å². The molecule has 0 amide bonds. The zero-order chi connectivity index (χ0) is 23.7. The summed E-state index contributed by atoms with van der Waals surface area (Å²) in [5.74, 6) is 2.43. The molecule has 3 aromatic rings. The second-order valence-electron chi connectivity index (χ2n) is 9.05. The molecule has 0 saturated carbocycles. The van der Waals surface area contributed by atoms with E-state index in [1.54, 1.807) is 23.9 Å². The maximum atomic E-state index is 12.9. The van der Waals surface area contributed by atoms with E-state index in [0.29, 0.717) is 12.0 Å². The Morgan fingerprint density at radius 2 is 1.76 bits per heavy atom. The van der Waals surface area contributed by atoms with Gasteiger partial charge in [0.05, 0.1) is 5.56 Å². The highest BCUT2D eigenvalue weighted by Gasteiger charge is 2.41. The lowest BCUT2D eigenvalue weighted by Gasteiger charge is -2.27. The molecule has 9 heteroatoms. The molecule has 0 radical (unpaired) electrons. The van der Waals surface area contributed by atoms with Crippen molar-refractivity contribution in [2.75, 3.05) is 36.8 Å². The highest BCUT2D eigenvalue weighted by Crippen LogP contribution is 2.37. The van der Waals surface area contributed by atoms with E-state index < -0.39 is 11.7 Å². The molecule has 2 atom stereocenters. The largest absolute Gasteiger partial charge is 0.416 e. The minimum Gasteiger partial charge on any atom is -0.367 e. The van der Waals surface area contributed by atoms with Crippen LogP contribution >= 0.6 is 11.8 Å². The summed E-state index contributed by atoms with van der Waals surface area (Å²) in [6.45, 7) is 3.97. The van der Waals surface area contributed by atoms with E-state index in [4.69, 9.17) is 0 Å². The number of anilines is 1. The second kappa shape index (κ2) is 9.62. The van der Waals surface area contributed by atoms with Crippen LogP contribution in [0.25, 0.3) is 11.4 Å². The van der Waals surface area contributed by atoms with E-state index in [1.807, 2.05) is 41.9 Å². The highest BCUT2D eigenvalue weighted by atomic mass is 32.2. The number of alkyl halides is 3. The Morgan fingerprint density at radius 1 is 1.00 bits per heavy atom. The molecule has 2 saturated heterocycles. The zero-order valence-corrected chi connectivity index (χ0v) is 19.9. The Kier molecular flexibility index (Phi) is 6.57. The lowest BCUT2D eigenvalue weighted by atomic mass is 10.0. The number of hydrogen-bond donors (Lipinski definition) is 0. The first-order chi connectivity index (χ1) is 16.4. The van der Waals surface area contributed by atoms with Crippen LogP contribution in [0.4, 0.5) is 18.9 Å². The number of benzene rings is 2. The molecule has 34 heavy (non-hydrogen) atoms. The molecule has 1 aromatic heterocycles. The SMILES string of the molecule is Cn1c(SCCCN2C[C@H]3CCN(c4ccc(C(F)(F)F)cc4)[C@H]3C2)nnc1-c1ccccc1. The molecule has 5 rings (SSSR count). The third-order valence-electron chi connectivity index (χ3n) is 6.87. The van der Waals surface area contributed by atoms with Gasteiger partial charge in [-0.25, -0.2) is 0 Å². The van der Waals surface area contributed by atoms with Crippen molar-refractivity contribution in [2.45, 2.75) is 30.2 Å². The fourth-order valence-corrected chi connectivity index (χ4v) is 5.96. The van der Waals surface area contributed by atoms with Gasteiger partial charge in [0.15, 0.2) is 11.0 Å². The molecule has 2 aromatic carbocycles. The van der Waals surface area contributed by atoms with Crippen LogP contribution in [-0.4, -0.2) is 57.6 Å². The summed E-state index contributed by atoms with van der Waals surface area (Å²) >= 11 is 1.73. The number of halogens is 3. The first-order valence-corrected chi connectivity index (χ1v) is 12.6. The van der Waals surface area contributed by atoms with Gasteiger partial charge >= 0.3 is 6.18 Å².